The first kappa shape index (κ1) is 16.2. The number of nitrogens with zero attached hydrogens (tertiary/aromatic N) is 2. The number of amides is 1. The molecule has 1 saturated carbocycles. The Morgan fingerprint density at radius 3 is 2.76 bits per heavy atom. The van der Waals surface area contributed by atoms with Gasteiger partial charge in [-0.1, -0.05) is 26.0 Å². The highest BCUT2D eigenvalue weighted by Crippen LogP contribution is 2.65. The van der Waals surface area contributed by atoms with Crippen molar-refractivity contribution in [1.82, 2.24) is 9.78 Å². The zero-order chi connectivity index (χ0) is 17.9. The van der Waals surface area contributed by atoms with Crippen molar-refractivity contribution in [3.05, 3.63) is 46.8 Å². The summed E-state index contributed by atoms with van der Waals surface area (Å²) in [6.45, 7) is 4.55. The van der Waals surface area contributed by atoms with Crippen LogP contribution >= 0.6 is 0 Å². The van der Waals surface area contributed by atoms with Crippen LogP contribution in [-0.4, -0.2) is 15.7 Å². The number of nitrogens with one attached hydrogen (secondary N) is 1. The van der Waals surface area contributed by atoms with Crippen LogP contribution in [-0.2, 0) is 7.05 Å². The molecule has 1 aromatic heterocycles. The fourth-order valence-electron chi connectivity index (χ4n) is 4.81. The maximum atomic E-state index is 13.1. The van der Waals surface area contributed by atoms with Gasteiger partial charge in [0.1, 0.15) is 5.69 Å². The molecule has 0 saturated heterocycles. The third-order valence-electron chi connectivity index (χ3n) is 5.96. The van der Waals surface area contributed by atoms with Gasteiger partial charge in [0.25, 0.3) is 12.3 Å². The highest BCUT2D eigenvalue weighted by atomic mass is 19.3. The van der Waals surface area contributed by atoms with Gasteiger partial charge in [-0.05, 0) is 47.3 Å². The highest BCUT2D eigenvalue weighted by molar-refractivity contribution is 6.05. The van der Waals surface area contributed by atoms with Crippen molar-refractivity contribution >= 4 is 11.6 Å². The lowest BCUT2D eigenvalue weighted by Crippen LogP contribution is -2.17. The first-order valence-electron chi connectivity index (χ1n) is 8.56. The second-order valence-corrected chi connectivity index (χ2v) is 7.67. The maximum absolute atomic E-state index is 13.1. The molecule has 4 rings (SSSR count). The summed E-state index contributed by atoms with van der Waals surface area (Å²) in [5, 5.41) is 6.58. The first-order chi connectivity index (χ1) is 11.8. The topological polar surface area (TPSA) is 46.9 Å². The molecule has 1 aromatic carbocycles. The van der Waals surface area contributed by atoms with Crippen LogP contribution in [0.2, 0.25) is 0 Å². The van der Waals surface area contributed by atoms with Crippen molar-refractivity contribution in [2.75, 3.05) is 5.32 Å². The molecule has 1 heterocycles. The molecule has 0 radical (unpaired) electrons. The molecule has 1 N–H and O–H groups in total. The van der Waals surface area contributed by atoms with E-state index in [1.807, 2.05) is 12.1 Å². The minimum Gasteiger partial charge on any atom is -0.322 e. The summed E-state index contributed by atoms with van der Waals surface area (Å²) < 4.78 is 27.5. The molecule has 6 heteroatoms. The monoisotopic (exact) mass is 345 g/mol. The number of halogens is 2. The van der Waals surface area contributed by atoms with E-state index >= 15 is 0 Å². The van der Waals surface area contributed by atoms with Gasteiger partial charge in [0.05, 0.1) is 5.56 Å². The number of hydrogen-bond donors (Lipinski definition) is 1. The number of alkyl halides is 2. The van der Waals surface area contributed by atoms with Crippen LogP contribution in [0.3, 0.4) is 0 Å². The zero-order valence-electron chi connectivity index (χ0n) is 14.5. The molecule has 1 fully saturated rings. The summed E-state index contributed by atoms with van der Waals surface area (Å²) in [5.41, 5.74) is 2.84. The van der Waals surface area contributed by atoms with Gasteiger partial charge < -0.3 is 5.32 Å². The van der Waals surface area contributed by atoms with E-state index in [0.29, 0.717) is 11.8 Å². The number of carbonyl (C=O) groups is 1. The second kappa shape index (κ2) is 5.38. The lowest BCUT2D eigenvalue weighted by Gasteiger charge is -2.24. The summed E-state index contributed by atoms with van der Waals surface area (Å²) in [4.78, 5) is 12.6. The van der Waals surface area contributed by atoms with Crippen LogP contribution < -0.4 is 5.32 Å². The average molecular weight is 345 g/mol. The van der Waals surface area contributed by atoms with Crippen molar-refractivity contribution in [3.8, 4) is 0 Å². The summed E-state index contributed by atoms with van der Waals surface area (Å²) in [6, 6.07) is 5.93. The molecular formula is C19H21F2N3O. The van der Waals surface area contributed by atoms with Gasteiger partial charge in [0.2, 0.25) is 0 Å². The van der Waals surface area contributed by atoms with Gasteiger partial charge in [-0.25, -0.2) is 8.78 Å². The van der Waals surface area contributed by atoms with Gasteiger partial charge in [-0.2, -0.15) is 5.10 Å². The number of carbonyl (C=O) groups excluding carboxylic acids is 1. The Hall–Kier alpha value is -2.24. The molecule has 2 unspecified atom stereocenters. The predicted molar refractivity (Wildman–Crippen MR) is 91.1 cm³/mol. The Balaban J connectivity index is 1.70. The van der Waals surface area contributed by atoms with Crippen molar-refractivity contribution in [1.29, 1.82) is 0 Å². The van der Waals surface area contributed by atoms with Gasteiger partial charge in [0, 0.05) is 18.9 Å². The zero-order valence-corrected chi connectivity index (χ0v) is 14.5. The van der Waals surface area contributed by atoms with E-state index in [4.69, 9.17) is 0 Å². The Kier molecular flexibility index (Phi) is 3.49. The first-order valence-corrected chi connectivity index (χ1v) is 8.56. The molecule has 2 aromatic rings. The van der Waals surface area contributed by atoms with Crippen LogP contribution in [0.25, 0.3) is 0 Å². The van der Waals surface area contributed by atoms with E-state index in [-0.39, 0.29) is 11.0 Å². The van der Waals surface area contributed by atoms with Crippen molar-refractivity contribution < 1.29 is 13.6 Å². The quantitative estimate of drug-likeness (QED) is 0.883. The molecule has 132 valence electrons. The molecule has 2 aliphatic rings. The van der Waals surface area contributed by atoms with Gasteiger partial charge in [-0.15, -0.1) is 0 Å². The van der Waals surface area contributed by atoms with E-state index in [9.17, 15) is 13.6 Å². The molecule has 2 bridgehead atoms. The molecule has 2 atom stereocenters. The van der Waals surface area contributed by atoms with Crippen molar-refractivity contribution in [3.63, 3.8) is 0 Å². The number of fused-ring (bicyclic) bond motifs is 5. The Labute approximate surface area is 145 Å². The Morgan fingerprint density at radius 1 is 1.32 bits per heavy atom. The minimum atomic E-state index is -2.78. The number of anilines is 1. The fourth-order valence-corrected chi connectivity index (χ4v) is 4.81. The lowest BCUT2D eigenvalue weighted by atomic mass is 9.80. The van der Waals surface area contributed by atoms with Crippen LogP contribution in [0.5, 0.6) is 0 Å². The van der Waals surface area contributed by atoms with E-state index in [2.05, 4.69) is 30.3 Å². The number of benzene rings is 1. The van der Waals surface area contributed by atoms with E-state index in [1.54, 1.807) is 0 Å². The van der Waals surface area contributed by atoms with Crippen molar-refractivity contribution in [2.24, 2.45) is 12.5 Å². The van der Waals surface area contributed by atoms with Crippen LogP contribution in [0.4, 0.5) is 14.5 Å². The van der Waals surface area contributed by atoms with Gasteiger partial charge in [-0.3, -0.25) is 9.48 Å². The standard InChI is InChI=1S/C19H21F2N3O/c1-19(2)12-7-8-13(19)15-10(12)5-4-6-14(15)22-18(25)11-9-24(3)23-16(11)17(20)21/h4-6,9,12-13,17H,7-8H2,1-3H3,(H,22,25). The molecule has 2 aliphatic carbocycles. The number of rotatable bonds is 3. The molecule has 0 spiro atoms. The smallest absolute Gasteiger partial charge is 0.282 e. The molecule has 1 amide bonds. The summed E-state index contributed by atoms with van der Waals surface area (Å²) in [6.07, 6.45) is 0.835. The number of aryl methyl sites for hydroxylation is 1. The van der Waals surface area contributed by atoms with Crippen LogP contribution in [0, 0.1) is 5.41 Å². The highest BCUT2D eigenvalue weighted by Gasteiger charge is 2.52. The third kappa shape index (κ3) is 2.30. The van der Waals surface area contributed by atoms with Gasteiger partial charge in [0.15, 0.2) is 0 Å². The molecule has 4 nitrogen and oxygen atoms in total. The molecule has 25 heavy (non-hydrogen) atoms. The largest absolute Gasteiger partial charge is 0.322 e. The van der Waals surface area contributed by atoms with Gasteiger partial charge >= 0.3 is 0 Å². The van der Waals surface area contributed by atoms with Crippen LogP contribution in [0.15, 0.2) is 24.4 Å². The van der Waals surface area contributed by atoms with Crippen LogP contribution in [0.1, 0.15) is 72.1 Å². The van der Waals surface area contributed by atoms with E-state index in [0.717, 1.165) is 12.1 Å². The number of hydrogen-bond acceptors (Lipinski definition) is 2. The summed E-state index contributed by atoms with van der Waals surface area (Å²) in [5.74, 6) is 0.365. The number of aromatic nitrogens is 2. The van der Waals surface area contributed by atoms with E-state index in [1.165, 1.54) is 35.5 Å². The average Bonchev–Trinajstić information content (AvgIpc) is 3.15. The lowest BCUT2D eigenvalue weighted by molar-refractivity contribution is 0.101. The predicted octanol–water partition coefficient (Wildman–Crippen LogP) is 4.61. The fraction of sp³-hybridized carbons (Fsp3) is 0.474. The summed E-state index contributed by atoms with van der Waals surface area (Å²) in [7, 11) is 1.53. The van der Waals surface area contributed by atoms with Crippen molar-refractivity contribution in [2.45, 2.75) is 45.0 Å². The Bertz CT molecular complexity index is 856. The van der Waals surface area contributed by atoms with E-state index < -0.39 is 18.0 Å². The molecule has 0 aliphatic heterocycles. The summed E-state index contributed by atoms with van der Waals surface area (Å²) >= 11 is 0. The maximum Gasteiger partial charge on any atom is 0.282 e. The minimum absolute atomic E-state index is 0.0717. The second-order valence-electron chi connectivity index (χ2n) is 7.67. The Morgan fingerprint density at radius 2 is 2.04 bits per heavy atom. The normalized spacial score (nSPS) is 23.1. The third-order valence-corrected chi connectivity index (χ3v) is 5.96. The SMILES string of the molecule is Cn1cc(C(=O)Nc2cccc3c2C2CCC3C2(C)C)c(C(F)F)n1. The molecular weight excluding hydrogens is 324 g/mol.